The monoisotopic (exact) mass is 345 g/mol. The fourth-order valence-electron chi connectivity index (χ4n) is 2.80. The maximum Gasteiger partial charge on any atom is 0.138 e. The number of rotatable bonds is 6. The van der Waals surface area contributed by atoms with Crippen LogP contribution in [0.25, 0.3) is 0 Å². The molecule has 1 aromatic carbocycles. The molecular weight excluding hydrogens is 321 g/mol. The van der Waals surface area contributed by atoms with Gasteiger partial charge in [0.2, 0.25) is 0 Å². The van der Waals surface area contributed by atoms with Gasteiger partial charge >= 0.3 is 0 Å². The van der Waals surface area contributed by atoms with Crippen molar-refractivity contribution in [3.8, 4) is 5.75 Å². The number of halogens is 2. The van der Waals surface area contributed by atoms with E-state index in [4.69, 9.17) is 27.9 Å². The van der Waals surface area contributed by atoms with Gasteiger partial charge in [0.05, 0.1) is 5.02 Å². The Balaban J connectivity index is 1.69. The Morgan fingerprint density at radius 2 is 1.82 bits per heavy atom. The van der Waals surface area contributed by atoms with Gasteiger partial charge in [0.25, 0.3) is 0 Å². The van der Waals surface area contributed by atoms with Gasteiger partial charge in [0, 0.05) is 17.6 Å². The predicted octanol–water partition coefficient (Wildman–Crippen LogP) is 4.44. The SMILES string of the molecule is O[C@H](CNC1CCCCCCC1)COc1ccc(Cl)cc1Cl. The molecule has 124 valence electrons. The van der Waals surface area contributed by atoms with Crippen LogP contribution in [0.2, 0.25) is 10.0 Å². The molecule has 3 nitrogen and oxygen atoms in total. The van der Waals surface area contributed by atoms with E-state index in [1.165, 1.54) is 44.9 Å². The van der Waals surface area contributed by atoms with E-state index in [1.54, 1.807) is 18.2 Å². The molecule has 0 aliphatic heterocycles. The van der Waals surface area contributed by atoms with Crippen molar-refractivity contribution in [3.63, 3.8) is 0 Å². The molecule has 0 heterocycles. The number of aliphatic hydroxyl groups excluding tert-OH is 1. The minimum Gasteiger partial charge on any atom is -0.489 e. The fraction of sp³-hybridized carbons (Fsp3) is 0.647. The minimum atomic E-state index is -0.544. The van der Waals surface area contributed by atoms with Crippen LogP contribution in [0.1, 0.15) is 44.9 Å². The van der Waals surface area contributed by atoms with Gasteiger partial charge in [-0.05, 0) is 31.0 Å². The standard InChI is InChI=1S/C17H25Cl2NO2/c18-13-8-9-17(16(19)10-13)22-12-15(21)11-20-14-6-4-2-1-3-5-7-14/h8-10,14-15,20-21H,1-7,11-12H2/t15-/m1/s1. The van der Waals surface area contributed by atoms with Gasteiger partial charge in [0.15, 0.2) is 0 Å². The van der Waals surface area contributed by atoms with Gasteiger partial charge < -0.3 is 15.2 Å². The normalized spacial score (nSPS) is 18.5. The van der Waals surface area contributed by atoms with Crippen molar-refractivity contribution in [2.75, 3.05) is 13.2 Å². The van der Waals surface area contributed by atoms with E-state index in [2.05, 4.69) is 5.32 Å². The van der Waals surface area contributed by atoms with E-state index in [9.17, 15) is 5.11 Å². The van der Waals surface area contributed by atoms with E-state index < -0.39 is 6.10 Å². The lowest BCUT2D eigenvalue weighted by atomic mass is 9.96. The third kappa shape index (κ3) is 6.33. The maximum atomic E-state index is 10.1. The van der Waals surface area contributed by atoms with Gasteiger partial charge in [0.1, 0.15) is 18.5 Å². The number of ether oxygens (including phenoxy) is 1. The molecule has 1 aliphatic rings. The molecule has 0 bridgehead atoms. The Hall–Kier alpha value is -0.480. The molecule has 2 rings (SSSR count). The van der Waals surface area contributed by atoms with Gasteiger partial charge in [-0.15, -0.1) is 0 Å². The highest BCUT2D eigenvalue weighted by Crippen LogP contribution is 2.27. The number of hydrogen-bond acceptors (Lipinski definition) is 3. The van der Waals surface area contributed by atoms with Crippen LogP contribution in [-0.2, 0) is 0 Å². The highest BCUT2D eigenvalue weighted by Gasteiger charge is 2.13. The molecule has 5 heteroatoms. The van der Waals surface area contributed by atoms with E-state index in [1.807, 2.05) is 0 Å². The second-order valence-electron chi connectivity index (χ2n) is 5.99. The van der Waals surface area contributed by atoms with Crippen molar-refractivity contribution >= 4 is 23.2 Å². The van der Waals surface area contributed by atoms with Crippen molar-refractivity contribution in [2.45, 2.75) is 57.1 Å². The second kappa shape index (κ2) is 9.61. The summed E-state index contributed by atoms with van der Waals surface area (Å²) >= 11 is 11.9. The average molecular weight is 346 g/mol. The molecule has 0 radical (unpaired) electrons. The number of benzene rings is 1. The molecule has 1 fully saturated rings. The number of aliphatic hydroxyl groups is 1. The summed E-state index contributed by atoms with van der Waals surface area (Å²) in [6.45, 7) is 0.775. The molecule has 1 aromatic rings. The topological polar surface area (TPSA) is 41.5 Å². The van der Waals surface area contributed by atoms with E-state index >= 15 is 0 Å². The zero-order valence-electron chi connectivity index (χ0n) is 12.9. The first kappa shape index (κ1) is 17.9. The van der Waals surface area contributed by atoms with Crippen LogP contribution in [0.15, 0.2) is 18.2 Å². The molecule has 0 spiro atoms. The molecule has 2 N–H and O–H groups in total. The molecule has 22 heavy (non-hydrogen) atoms. The molecule has 0 unspecified atom stereocenters. The van der Waals surface area contributed by atoms with Crippen LogP contribution in [0.3, 0.4) is 0 Å². The molecule has 0 amide bonds. The van der Waals surface area contributed by atoms with Crippen molar-refractivity contribution < 1.29 is 9.84 Å². The van der Waals surface area contributed by atoms with Crippen LogP contribution in [0, 0.1) is 0 Å². The van der Waals surface area contributed by atoms with E-state index in [-0.39, 0.29) is 6.61 Å². The Bertz CT molecular complexity index is 448. The fourth-order valence-corrected chi connectivity index (χ4v) is 3.26. The summed E-state index contributed by atoms with van der Waals surface area (Å²) in [5, 5.41) is 14.6. The largest absolute Gasteiger partial charge is 0.489 e. The second-order valence-corrected chi connectivity index (χ2v) is 6.83. The average Bonchev–Trinajstić information content (AvgIpc) is 2.45. The first-order valence-corrected chi connectivity index (χ1v) is 8.90. The highest BCUT2D eigenvalue weighted by molar-refractivity contribution is 6.35. The zero-order valence-corrected chi connectivity index (χ0v) is 14.4. The number of hydrogen-bond donors (Lipinski definition) is 2. The maximum absolute atomic E-state index is 10.1. The molecule has 0 aromatic heterocycles. The highest BCUT2D eigenvalue weighted by atomic mass is 35.5. The minimum absolute atomic E-state index is 0.223. The third-order valence-corrected chi connectivity index (χ3v) is 4.60. The van der Waals surface area contributed by atoms with Crippen LogP contribution in [0.5, 0.6) is 5.75 Å². The Morgan fingerprint density at radius 3 is 2.50 bits per heavy atom. The lowest BCUT2D eigenvalue weighted by molar-refractivity contribution is 0.102. The van der Waals surface area contributed by atoms with Crippen LogP contribution in [0.4, 0.5) is 0 Å². The summed E-state index contributed by atoms with van der Waals surface area (Å²) in [6.07, 6.45) is 8.46. The Labute approximate surface area is 143 Å². The van der Waals surface area contributed by atoms with Crippen LogP contribution < -0.4 is 10.1 Å². The van der Waals surface area contributed by atoms with E-state index in [0.717, 1.165) is 0 Å². The van der Waals surface area contributed by atoms with E-state index in [0.29, 0.717) is 28.4 Å². The van der Waals surface area contributed by atoms with Gasteiger partial charge in [-0.25, -0.2) is 0 Å². The summed E-state index contributed by atoms with van der Waals surface area (Å²) in [5.41, 5.74) is 0. The Morgan fingerprint density at radius 1 is 1.14 bits per heavy atom. The van der Waals surface area contributed by atoms with Gasteiger partial charge in [-0.3, -0.25) is 0 Å². The van der Waals surface area contributed by atoms with Gasteiger partial charge in [-0.2, -0.15) is 0 Å². The summed E-state index contributed by atoms with van der Waals surface area (Å²) in [6, 6.07) is 5.60. The van der Waals surface area contributed by atoms with Crippen LogP contribution >= 0.6 is 23.2 Å². The summed E-state index contributed by atoms with van der Waals surface area (Å²) < 4.78 is 5.56. The molecular formula is C17H25Cl2NO2. The molecule has 0 saturated heterocycles. The van der Waals surface area contributed by atoms with Crippen molar-refractivity contribution in [3.05, 3.63) is 28.2 Å². The summed E-state index contributed by atoms with van der Waals surface area (Å²) in [7, 11) is 0. The van der Waals surface area contributed by atoms with Gasteiger partial charge in [-0.1, -0.05) is 55.3 Å². The predicted molar refractivity (Wildman–Crippen MR) is 92.1 cm³/mol. The third-order valence-electron chi connectivity index (χ3n) is 4.07. The molecule has 1 saturated carbocycles. The molecule has 1 atom stereocenters. The number of nitrogens with one attached hydrogen (secondary N) is 1. The van der Waals surface area contributed by atoms with Crippen LogP contribution in [-0.4, -0.2) is 30.4 Å². The lowest BCUT2D eigenvalue weighted by Gasteiger charge is -2.23. The summed E-state index contributed by atoms with van der Waals surface area (Å²) in [4.78, 5) is 0. The smallest absolute Gasteiger partial charge is 0.138 e. The Kier molecular flexibility index (Phi) is 7.81. The van der Waals surface area contributed by atoms with Crippen molar-refractivity contribution in [2.24, 2.45) is 0 Å². The van der Waals surface area contributed by atoms with Crippen molar-refractivity contribution in [1.29, 1.82) is 0 Å². The first-order valence-electron chi connectivity index (χ1n) is 8.14. The van der Waals surface area contributed by atoms with Crippen molar-refractivity contribution in [1.82, 2.24) is 5.32 Å². The zero-order chi connectivity index (χ0) is 15.8. The lowest BCUT2D eigenvalue weighted by Crippen LogP contribution is -2.38. The first-order chi connectivity index (χ1) is 10.6. The summed E-state index contributed by atoms with van der Waals surface area (Å²) in [5.74, 6) is 0.552. The quantitative estimate of drug-likeness (QED) is 0.800. The molecule has 1 aliphatic carbocycles.